The highest BCUT2D eigenvalue weighted by Crippen LogP contribution is 2.49. The molecule has 0 aliphatic carbocycles. The van der Waals surface area contributed by atoms with Gasteiger partial charge in [-0.2, -0.15) is 5.26 Å². The molecule has 9 heteroatoms. The molecule has 2 aliphatic heterocycles. The van der Waals surface area contributed by atoms with Gasteiger partial charge in [0.25, 0.3) is 18.3 Å². The lowest BCUT2D eigenvalue weighted by Crippen LogP contribution is -2.34. The van der Waals surface area contributed by atoms with Crippen LogP contribution < -0.4 is 0 Å². The first kappa shape index (κ1) is 36.0. The predicted molar refractivity (Wildman–Crippen MR) is 199 cm³/mol. The molecule has 2 aromatic heterocycles. The van der Waals surface area contributed by atoms with Gasteiger partial charge in [-0.15, -0.1) is 22.7 Å². The van der Waals surface area contributed by atoms with Crippen molar-refractivity contribution in [3.05, 3.63) is 86.1 Å². The molecule has 0 saturated heterocycles. The highest BCUT2D eigenvalue weighted by atomic mass is 32.1. The van der Waals surface area contributed by atoms with Crippen molar-refractivity contribution in [2.24, 2.45) is 11.8 Å². The number of nitrogens with zero attached hydrogens (tertiary/aromatic N) is 3. The van der Waals surface area contributed by atoms with Crippen LogP contribution in [0.5, 0.6) is 0 Å². The first-order valence-electron chi connectivity index (χ1n) is 17.5. The van der Waals surface area contributed by atoms with Crippen molar-refractivity contribution >= 4 is 58.4 Å². The van der Waals surface area contributed by atoms with Gasteiger partial charge in [-0.25, -0.2) is 0 Å². The fraction of sp³-hybridized carbons (Fsp3) is 0.400. The fourth-order valence-corrected chi connectivity index (χ4v) is 8.54. The number of rotatable bonds is 18. The molecule has 49 heavy (non-hydrogen) atoms. The van der Waals surface area contributed by atoms with Gasteiger partial charge in [-0.05, 0) is 65.5 Å². The first-order chi connectivity index (χ1) is 23.9. The lowest BCUT2D eigenvalue weighted by Gasteiger charge is -2.29. The number of hydrogen-bond acceptors (Lipinski definition) is 7. The normalized spacial score (nSPS) is 16.0. The molecular weight excluding hydrogens is 651 g/mol. The Morgan fingerprint density at radius 3 is 1.88 bits per heavy atom. The zero-order valence-electron chi connectivity index (χ0n) is 28.9. The molecule has 256 valence electrons. The molecule has 7 nitrogen and oxygen atoms in total. The number of nitriles is 1. The monoisotopic (exact) mass is 695 g/mol. The van der Waals surface area contributed by atoms with E-state index in [0.717, 1.165) is 88.5 Å². The van der Waals surface area contributed by atoms with Crippen LogP contribution in [0.2, 0.25) is 0 Å². The number of ether oxygens (including phenoxy) is 1. The van der Waals surface area contributed by atoms with E-state index < -0.39 is 0 Å². The van der Waals surface area contributed by atoms with Gasteiger partial charge in [-0.3, -0.25) is 14.4 Å². The van der Waals surface area contributed by atoms with Gasteiger partial charge >= 0.3 is 0 Å². The smallest absolute Gasteiger partial charge is 0.299 e. The van der Waals surface area contributed by atoms with Crippen LogP contribution in [0.3, 0.4) is 0 Å². The Morgan fingerprint density at radius 1 is 0.816 bits per heavy atom. The predicted octanol–water partition coefficient (Wildman–Crippen LogP) is 9.75. The number of thiophene rings is 2. The number of carbonyl (C=O) groups is 3. The molecule has 1 aromatic carbocycles. The maximum absolute atomic E-state index is 14.7. The Kier molecular flexibility index (Phi) is 12.4. The molecule has 2 aliphatic rings. The van der Waals surface area contributed by atoms with E-state index in [-0.39, 0.29) is 24.0 Å². The van der Waals surface area contributed by atoms with Gasteiger partial charge in [0.1, 0.15) is 6.07 Å². The fourth-order valence-electron chi connectivity index (χ4n) is 6.68. The number of fused-ring (bicyclic) bond motifs is 1. The average Bonchev–Trinajstić information content (AvgIpc) is 3.92. The molecular formula is C40H45N3O4S2. The van der Waals surface area contributed by atoms with Gasteiger partial charge in [0.2, 0.25) is 5.76 Å². The van der Waals surface area contributed by atoms with Crippen LogP contribution in [0.15, 0.2) is 70.8 Å². The highest BCUT2D eigenvalue weighted by Gasteiger charge is 2.49. The van der Waals surface area contributed by atoms with E-state index in [4.69, 9.17) is 4.74 Å². The van der Waals surface area contributed by atoms with E-state index in [1.807, 2.05) is 69.8 Å². The van der Waals surface area contributed by atoms with Crippen molar-refractivity contribution in [3.63, 3.8) is 0 Å². The van der Waals surface area contributed by atoms with Gasteiger partial charge in [-0.1, -0.05) is 96.6 Å². The Hall–Kier alpha value is -4.26. The third kappa shape index (κ3) is 7.82. The quantitative estimate of drug-likeness (QED) is 0.0751. The van der Waals surface area contributed by atoms with Crippen LogP contribution in [-0.4, -0.2) is 41.2 Å². The van der Waals surface area contributed by atoms with Crippen molar-refractivity contribution in [3.8, 4) is 16.5 Å². The maximum Gasteiger partial charge on any atom is 0.299 e. The summed E-state index contributed by atoms with van der Waals surface area (Å²) in [7, 11) is 0. The molecule has 3 aromatic rings. The van der Waals surface area contributed by atoms with E-state index in [1.165, 1.54) is 6.08 Å². The van der Waals surface area contributed by atoms with Crippen LogP contribution in [0.25, 0.3) is 27.9 Å². The van der Waals surface area contributed by atoms with E-state index in [9.17, 15) is 19.6 Å². The number of amides is 2. The van der Waals surface area contributed by atoms with Gasteiger partial charge in [0.15, 0.2) is 0 Å². The summed E-state index contributed by atoms with van der Waals surface area (Å²) in [6.07, 6.45) is 9.96. The van der Waals surface area contributed by atoms with Crippen LogP contribution in [-0.2, 0) is 19.1 Å². The van der Waals surface area contributed by atoms with E-state index in [1.54, 1.807) is 22.7 Å². The van der Waals surface area contributed by atoms with Crippen LogP contribution >= 0.6 is 22.7 Å². The Bertz CT molecular complexity index is 1780. The minimum atomic E-state index is -0.0819. The van der Waals surface area contributed by atoms with Crippen molar-refractivity contribution in [1.82, 2.24) is 9.80 Å². The van der Waals surface area contributed by atoms with Gasteiger partial charge < -0.3 is 14.5 Å². The molecule has 0 spiro atoms. The SMILES string of the molecule is CCCCC(CC)CN1C(=O)C2=C(c3ccc(-c4ccc(/C=C(/C#N)OC=O)cc4)s3)N(CC(CC)CCCC)C(=O)C2=C1c1cccs1. The molecule has 5 rings (SSSR count). The molecule has 0 bridgehead atoms. The van der Waals surface area contributed by atoms with Crippen LogP contribution in [0.4, 0.5) is 0 Å². The van der Waals surface area contributed by atoms with E-state index >= 15 is 0 Å². The number of benzene rings is 1. The molecule has 0 N–H and O–H groups in total. The second-order valence-corrected chi connectivity index (χ2v) is 14.7. The Labute approximate surface area is 298 Å². The third-order valence-corrected chi connectivity index (χ3v) is 11.5. The summed E-state index contributed by atoms with van der Waals surface area (Å²) in [5, 5.41) is 11.2. The summed E-state index contributed by atoms with van der Waals surface area (Å²) >= 11 is 3.15. The Morgan fingerprint density at radius 2 is 1.39 bits per heavy atom. The molecule has 2 amide bonds. The van der Waals surface area contributed by atoms with E-state index in [2.05, 4.69) is 27.7 Å². The summed E-state index contributed by atoms with van der Waals surface area (Å²) < 4.78 is 4.72. The Balaban J connectivity index is 1.60. The van der Waals surface area contributed by atoms with Gasteiger partial charge in [0.05, 0.1) is 32.3 Å². The second kappa shape index (κ2) is 16.9. The molecule has 0 saturated carbocycles. The zero-order chi connectivity index (χ0) is 34.9. The minimum absolute atomic E-state index is 0.0715. The molecule has 2 atom stereocenters. The number of allylic oxidation sites excluding steroid dienone is 1. The topological polar surface area (TPSA) is 90.7 Å². The summed E-state index contributed by atoms with van der Waals surface area (Å²) in [5.41, 5.74) is 4.29. The van der Waals surface area contributed by atoms with Crippen molar-refractivity contribution < 1.29 is 19.1 Å². The summed E-state index contributed by atoms with van der Waals surface area (Å²) in [4.78, 5) is 46.7. The van der Waals surface area contributed by atoms with Crippen molar-refractivity contribution in [2.45, 2.75) is 79.1 Å². The molecule has 0 radical (unpaired) electrons. The maximum atomic E-state index is 14.7. The lowest BCUT2D eigenvalue weighted by atomic mass is 9.98. The number of unbranched alkanes of at least 4 members (excludes halogenated alkanes) is 2. The highest BCUT2D eigenvalue weighted by molar-refractivity contribution is 7.16. The number of carbonyl (C=O) groups excluding carboxylic acids is 3. The third-order valence-electron chi connectivity index (χ3n) is 9.52. The van der Waals surface area contributed by atoms with Crippen molar-refractivity contribution in [1.29, 1.82) is 5.26 Å². The standard InChI is InChI=1S/C40H45N3O4S2/c1-5-9-12-27(7-3)24-42-37(33-14-11-21-48-33)35-36(40(42)46)38(43(39(35)45)25-28(8-4)13-10-6-2)34-20-19-32(49-34)30-17-15-29(16-18-30)22-31(23-41)47-26-44/h11,14-22,26-28H,5-10,12-13,24-25H2,1-4H3/b31-22-. The summed E-state index contributed by atoms with van der Waals surface area (Å²) in [6.45, 7) is 10.2. The second-order valence-electron chi connectivity index (χ2n) is 12.7. The number of hydrogen-bond donors (Lipinski definition) is 0. The van der Waals surface area contributed by atoms with Crippen LogP contribution in [0.1, 0.15) is 94.4 Å². The minimum Gasteiger partial charge on any atom is -0.417 e. The molecule has 4 heterocycles. The molecule has 2 unspecified atom stereocenters. The molecule has 0 fully saturated rings. The van der Waals surface area contributed by atoms with Crippen LogP contribution in [0, 0.1) is 23.2 Å². The largest absolute Gasteiger partial charge is 0.417 e. The summed E-state index contributed by atoms with van der Waals surface area (Å²) in [5.74, 6) is 0.458. The van der Waals surface area contributed by atoms with Gasteiger partial charge in [0, 0.05) is 18.0 Å². The average molecular weight is 696 g/mol. The summed E-state index contributed by atoms with van der Waals surface area (Å²) in [6, 6.07) is 17.6. The van der Waals surface area contributed by atoms with E-state index in [0.29, 0.717) is 36.1 Å². The van der Waals surface area contributed by atoms with Crippen molar-refractivity contribution in [2.75, 3.05) is 13.1 Å². The zero-order valence-corrected chi connectivity index (χ0v) is 30.5. The lowest BCUT2D eigenvalue weighted by molar-refractivity contribution is -0.125. The first-order valence-corrected chi connectivity index (χ1v) is 19.2.